The van der Waals surface area contributed by atoms with Crippen molar-refractivity contribution in [3.63, 3.8) is 0 Å². The number of rotatable bonds is 5. The first-order chi connectivity index (χ1) is 13.7. The Kier molecular flexibility index (Phi) is 6.92. The maximum absolute atomic E-state index is 5.92. The molecule has 7 heteroatoms. The monoisotopic (exact) mass is 502 g/mol. The van der Waals surface area contributed by atoms with Gasteiger partial charge in [0.15, 0.2) is 5.96 Å². The van der Waals surface area contributed by atoms with Gasteiger partial charge in [0.05, 0.1) is 18.3 Å². The van der Waals surface area contributed by atoms with E-state index in [0.717, 1.165) is 28.0 Å². The summed E-state index contributed by atoms with van der Waals surface area (Å²) in [6, 6.07) is 19.8. The Hall–Kier alpha value is -2.81. The molecule has 150 valence electrons. The molecule has 0 saturated heterocycles. The summed E-state index contributed by atoms with van der Waals surface area (Å²) < 4.78 is 11.5. The number of hydrogen-bond acceptors (Lipinski definition) is 4. The van der Waals surface area contributed by atoms with Crippen LogP contribution in [0.3, 0.4) is 0 Å². The molecule has 6 nitrogen and oxygen atoms in total. The van der Waals surface area contributed by atoms with Gasteiger partial charge in [-0.05, 0) is 31.2 Å². The van der Waals surface area contributed by atoms with Crippen molar-refractivity contribution in [3.05, 3.63) is 78.4 Å². The van der Waals surface area contributed by atoms with E-state index in [1.54, 1.807) is 13.3 Å². The molecule has 0 fully saturated rings. The van der Waals surface area contributed by atoms with E-state index < -0.39 is 0 Å². The summed E-state index contributed by atoms with van der Waals surface area (Å²) >= 11 is 0. The van der Waals surface area contributed by atoms with E-state index >= 15 is 0 Å². The first-order valence-electron chi connectivity index (χ1n) is 9.18. The lowest BCUT2D eigenvalue weighted by molar-refractivity contribution is 0.488. The normalized spacial score (nSPS) is 12.4. The fourth-order valence-electron chi connectivity index (χ4n) is 2.96. The van der Waals surface area contributed by atoms with E-state index in [1.807, 2.05) is 67.6 Å². The molecule has 0 amide bonds. The van der Waals surface area contributed by atoms with Gasteiger partial charge in [0.2, 0.25) is 5.89 Å². The Labute approximate surface area is 186 Å². The number of aromatic nitrogens is 1. The molecule has 4 rings (SSSR count). The van der Waals surface area contributed by atoms with Crippen LogP contribution in [0.15, 0.2) is 80.8 Å². The van der Waals surface area contributed by atoms with Crippen molar-refractivity contribution in [2.24, 2.45) is 4.99 Å². The number of para-hydroxylation sites is 1. The van der Waals surface area contributed by atoms with E-state index in [4.69, 9.17) is 8.83 Å². The highest BCUT2D eigenvalue weighted by atomic mass is 127. The number of nitrogens with one attached hydrogen (secondary N) is 2. The maximum Gasteiger partial charge on any atom is 0.226 e. The topological polar surface area (TPSA) is 75.6 Å². The number of aliphatic imine (C=N–C) groups is 1. The molecule has 2 aromatic heterocycles. The highest BCUT2D eigenvalue weighted by Gasteiger charge is 2.13. The molecule has 1 unspecified atom stereocenters. The summed E-state index contributed by atoms with van der Waals surface area (Å²) in [6.07, 6.45) is 1.66. The van der Waals surface area contributed by atoms with Gasteiger partial charge in [-0.1, -0.05) is 36.4 Å². The Morgan fingerprint density at radius 1 is 1.10 bits per heavy atom. The molecule has 0 bridgehead atoms. The minimum Gasteiger partial charge on any atom is -0.459 e. The SMILES string of the molecule is CN=C(NCc1coc(-c2ccccc2)n1)NC(C)c1cc2ccccc2o1.I. The maximum atomic E-state index is 5.92. The van der Waals surface area contributed by atoms with Gasteiger partial charge in [0.1, 0.15) is 17.6 Å². The first-order valence-corrected chi connectivity index (χ1v) is 9.18. The van der Waals surface area contributed by atoms with Crippen molar-refractivity contribution >= 4 is 40.9 Å². The molecule has 2 heterocycles. The minimum atomic E-state index is -0.0317. The van der Waals surface area contributed by atoms with Crippen LogP contribution in [-0.2, 0) is 6.54 Å². The molecule has 0 aliphatic heterocycles. The van der Waals surface area contributed by atoms with Crippen LogP contribution >= 0.6 is 24.0 Å². The van der Waals surface area contributed by atoms with Gasteiger partial charge in [0, 0.05) is 18.0 Å². The quantitative estimate of drug-likeness (QED) is 0.225. The van der Waals surface area contributed by atoms with Crippen LogP contribution in [0, 0.1) is 0 Å². The predicted octanol–water partition coefficient (Wildman–Crippen LogP) is 5.13. The van der Waals surface area contributed by atoms with Gasteiger partial charge >= 0.3 is 0 Å². The Morgan fingerprint density at radius 3 is 2.62 bits per heavy atom. The largest absolute Gasteiger partial charge is 0.459 e. The summed E-state index contributed by atoms with van der Waals surface area (Å²) in [7, 11) is 1.74. The smallest absolute Gasteiger partial charge is 0.226 e. The molecule has 4 aromatic rings. The lowest BCUT2D eigenvalue weighted by Crippen LogP contribution is -2.38. The average molecular weight is 502 g/mol. The number of fused-ring (bicyclic) bond motifs is 1. The number of nitrogens with zero attached hydrogens (tertiary/aromatic N) is 2. The second kappa shape index (κ2) is 9.60. The van der Waals surface area contributed by atoms with Gasteiger partial charge in [-0.15, -0.1) is 24.0 Å². The van der Waals surface area contributed by atoms with Crippen LogP contribution in [0.4, 0.5) is 0 Å². The van der Waals surface area contributed by atoms with Crippen molar-refractivity contribution in [1.82, 2.24) is 15.6 Å². The second-order valence-corrected chi connectivity index (χ2v) is 6.49. The standard InChI is InChI=1S/C22H22N4O2.HI/c1-15(20-12-17-10-6-7-11-19(17)28-20)25-22(23-2)24-13-18-14-27-21(26-18)16-8-4-3-5-9-16;/h3-12,14-15H,13H2,1-2H3,(H2,23,24,25);1H. The Balaban J connectivity index is 0.00000240. The van der Waals surface area contributed by atoms with Crippen LogP contribution in [-0.4, -0.2) is 18.0 Å². The minimum absolute atomic E-state index is 0. The predicted molar refractivity (Wildman–Crippen MR) is 125 cm³/mol. The van der Waals surface area contributed by atoms with Crippen LogP contribution in [0.2, 0.25) is 0 Å². The van der Waals surface area contributed by atoms with E-state index in [0.29, 0.717) is 18.4 Å². The third kappa shape index (κ3) is 4.97. The molecule has 0 aliphatic carbocycles. The van der Waals surface area contributed by atoms with Crippen LogP contribution in [0.25, 0.3) is 22.4 Å². The van der Waals surface area contributed by atoms with Gasteiger partial charge in [-0.3, -0.25) is 4.99 Å². The Bertz CT molecular complexity index is 1060. The van der Waals surface area contributed by atoms with E-state index in [-0.39, 0.29) is 30.0 Å². The number of halogens is 1. The molecule has 0 saturated carbocycles. The van der Waals surface area contributed by atoms with Crippen molar-refractivity contribution in [2.75, 3.05) is 7.05 Å². The summed E-state index contributed by atoms with van der Waals surface area (Å²) in [6.45, 7) is 2.54. The van der Waals surface area contributed by atoms with Gasteiger partial charge in [0.25, 0.3) is 0 Å². The van der Waals surface area contributed by atoms with E-state index in [9.17, 15) is 0 Å². The van der Waals surface area contributed by atoms with Crippen molar-refractivity contribution in [1.29, 1.82) is 0 Å². The van der Waals surface area contributed by atoms with Gasteiger partial charge in [-0.25, -0.2) is 4.98 Å². The van der Waals surface area contributed by atoms with Crippen molar-refractivity contribution in [2.45, 2.75) is 19.5 Å². The third-order valence-electron chi connectivity index (χ3n) is 4.46. The molecule has 2 N–H and O–H groups in total. The van der Waals surface area contributed by atoms with Crippen molar-refractivity contribution in [3.8, 4) is 11.5 Å². The van der Waals surface area contributed by atoms with Crippen LogP contribution in [0.5, 0.6) is 0 Å². The number of furan rings is 1. The van der Waals surface area contributed by atoms with E-state index in [1.165, 1.54) is 0 Å². The van der Waals surface area contributed by atoms with Crippen LogP contribution < -0.4 is 10.6 Å². The van der Waals surface area contributed by atoms with Gasteiger partial charge < -0.3 is 19.5 Å². The average Bonchev–Trinajstić information content (AvgIpc) is 3.38. The fraction of sp³-hybridized carbons (Fsp3) is 0.182. The summed E-state index contributed by atoms with van der Waals surface area (Å²) in [5.41, 5.74) is 2.64. The second-order valence-electron chi connectivity index (χ2n) is 6.49. The van der Waals surface area contributed by atoms with Gasteiger partial charge in [-0.2, -0.15) is 0 Å². The zero-order valence-corrected chi connectivity index (χ0v) is 18.6. The number of benzene rings is 2. The Morgan fingerprint density at radius 2 is 1.86 bits per heavy atom. The van der Waals surface area contributed by atoms with E-state index in [2.05, 4.69) is 20.6 Å². The van der Waals surface area contributed by atoms with Crippen molar-refractivity contribution < 1.29 is 8.83 Å². The van der Waals surface area contributed by atoms with Crippen LogP contribution in [0.1, 0.15) is 24.4 Å². The molecular formula is C22H23IN4O2. The molecule has 2 aromatic carbocycles. The molecule has 0 aliphatic rings. The number of guanidine groups is 1. The summed E-state index contributed by atoms with van der Waals surface area (Å²) in [4.78, 5) is 8.80. The lowest BCUT2D eigenvalue weighted by Gasteiger charge is -2.15. The lowest BCUT2D eigenvalue weighted by atomic mass is 10.2. The fourth-order valence-corrected chi connectivity index (χ4v) is 2.96. The molecule has 29 heavy (non-hydrogen) atoms. The highest BCUT2D eigenvalue weighted by molar-refractivity contribution is 14.0. The molecule has 1 atom stereocenters. The summed E-state index contributed by atoms with van der Waals surface area (Å²) in [5.74, 6) is 2.13. The third-order valence-corrected chi connectivity index (χ3v) is 4.46. The highest BCUT2D eigenvalue weighted by Crippen LogP contribution is 2.23. The first kappa shape index (κ1) is 20.9. The molecule has 0 spiro atoms. The molecule has 0 radical (unpaired) electrons. The molecular weight excluding hydrogens is 479 g/mol. The zero-order chi connectivity index (χ0) is 19.3. The number of oxazole rings is 1. The zero-order valence-electron chi connectivity index (χ0n) is 16.3. The number of hydrogen-bond donors (Lipinski definition) is 2. The summed E-state index contributed by atoms with van der Waals surface area (Å²) in [5, 5.41) is 7.69.